The molecule has 5 rings (SSSR count). The van der Waals surface area contributed by atoms with Crippen LogP contribution in [0.1, 0.15) is 36.1 Å². The van der Waals surface area contributed by atoms with Crippen molar-refractivity contribution >= 4 is 46.6 Å². The number of nitrogens with one attached hydrogen (secondary N) is 2. The van der Waals surface area contributed by atoms with E-state index < -0.39 is 11.5 Å². The predicted octanol–water partition coefficient (Wildman–Crippen LogP) is 5.67. The maximum absolute atomic E-state index is 13.6. The van der Waals surface area contributed by atoms with Gasteiger partial charge in [-0.3, -0.25) is 14.4 Å². The zero-order chi connectivity index (χ0) is 27.6. The number of nitrogens with zero attached hydrogens (tertiary/aromatic N) is 1. The molecule has 3 amide bonds. The molecule has 0 saturated carbocycles. The number of amides is 3. The first-order chi connectivity index (χ1) is 18.1. The molecule has 1 saturated heterocycles. The molecule has 3 atom stereocenters. The van der Waals surface area contributed by atoms with E-state index in [9.17, 15) is 18.8 Å². The summed E-state index contributed by atoms with van der Waals surface area (Å²) >= 11 is 12.4. The number of likely N-dealkylation sites (tertiary alicyclic amines) is 1. The summed E-state index contributed by atoms with van der Waals surface area (Å²) in [7, 11) is 1.52. The van der Waals surface area contributed by atoms with E-state index in [1.165, 1.54) is 24.1 Å². The summed E-state index contributed by atoms with van der Waals surface area (Å²) in [5.41, 5.74) is 2.10. The van der Waals surface area contributed by atoms with Gasteiger partial charge in [0.1, 0.15) is 17.8 Å². The molecule has 2 N–H and O–H groups in total. The van der Waals surface area contributed by atoms with Gasteiger partial charge in [0.2, 0.25) is 17.7 Å². The molecule has 1 spiro atoms. The van der Waals surface area contributed by atoms with E-state index in [1.54, 1.807) is 42.5 Å². The molecule has 2 aliphatic rings. The quantitative estimate of drug-likeness (QED) is 0.436. The van der Waals surface area contributed by atoms with Crippen LogP contribution in [0.5, 0.6) is 0 Å². The van der Waals surface area contributed by atoms with Gasteiger partial charge in [-0.05, 0) is 60.4 Å². The van der Waals surface area contributed by atoms with E-state index in [4.69, 9.17) is 23.2 Å². The first kappa shape index (κ1) is 27.6. The van der Waals surface area contributed by atoms with Crippen LogP contribution in [0.3, 0.4) is 0 Å². The zero-order valence-electron chi connectivity index (χ0n) is 21.2. The van der Waals surface area contributed by atoms with Gasteiger partial charge in [0.05, 0.1) is 6.04 Å². The Bertz CT molecular complexity index is 1360. The molecule has 0 bridgehead atoms. The van der Waals surface area contributed by atoms with Crippen LogP contribution in [-0.4, -0.2) is 36.2 Å². The number of likely N-dealkylation sites (N-methyl/N-ethyl adjacent to an activating group) is 1. The molecule has 198 valence electrons. The molecule has 0 aliphatic carbocycles. The molecular weight excluding hydrogens is 528 g/mol. The number of anilines is 1. The third-order valence-corrected chi connectivity index (χ3v) is 7.61. The van der Waals surface area contributed by atoms with Crippen LogP contribution < -0.4 is 10.6 Å². The number of halogens is 3. The minimum Gasteiger partial charge on any atom is -0.358 e. The fourth-order valence-electron chi connectivity index (χ4n) is 5.35. The monoisotopic (exact) mass is 555 g/mol. The average molecular weight is 556 g/mol. The van der Waals surface area contributed by atoms with Crippen molar-refractivity contribution in [2.24, 2.45) is 5.92 Å². The Balaban J connectivity index is 0.000000360. The Morgan fingerprint density at radius 2 is 1.76 bits per heavy atom. The van der Waals surface area contributed by atoms with Crippen LogP contribution in [0.2, 0.25) is 10.0 Å². The number of fused-ring (bicyclic) bond motifs is 2. The lowest BCUT2D eigenvalue weighted by Crippen LogP contribution is -2.60. The van der Waals surface area contributed by atoms with Crippen molar-refractivity contribution in [3.8, 4) is 0 Å². The highest BCUT2D eigenvalue weighted by Crippen LogP contribution is 2.56. The van der Waals surface area contributed by atoms with E-state index in [1.807, 2.05) is 26.0 Å². The molecule has 6 nitrogen and oxygen atoms in total. The number of piperidine rings is 1. The van der Waals surface area contributed by atoms with Gasteiger partial charge in [0.15, 0.2) is 0 Å². The number of rotatable bonds is 3. The highest BCUT2D eigenvalue weighted by Gasteiger charge is 2.61. The number of carbonyl (C=O) groups is 3. The van der Waals surface area contributed by atoms with Crippen LogP contribution in [0.4, 0.5) is 10.1 Å². The van der Waals surface area contributed by atoms with Gasteiger partial charge in [0, 0.05) is 29.2 Å². The number of carbonyl (C=O) groups excluding carboxylic acids is 3. The van der Waals surface area contributed by atoms with Crippen LogP contribution in [-0.2, 0) is 19.8 Å². The Morgan fingerprint density at radius 3 is 2.39 bits per heavy atom. The van der Waals surface area contributed by atoms with Crippen LogP contribution in [0.25, 0.3) is 0 Å². The fourth-order valence-corrected chi connectivity index (χ4v) is 5.73. The highest BCUT2D eigenvalue weighted by atomic mass is 35.5. The predicted molar refractivity (Wildman–Crippen MR) is 147 cm³/mol. The maximum Gasteiger partial charge on any atom is 0.239 e. The van der Waals surface area contributed by atoms with Gasteiger partial charge in [-0.2, -0.15) is 0 Å². The van der Waals surface area contributed by atoms with Gasteiger partial charge in [-0.15, -0.1) is 0 Å². The summed E-state index contributed by atoms with van der Waals surface area (Å²) in [5.74, 6) is -1.19. The van der Waals surface area contributed by atoms with Gasteiger partial charge >= 0.3 is 0 Å². The zero-order valence-corrected chi connectivity index (χ0v) is 22.7. The molecule has 0 radical (unpaired) electrons. The number of hydrogen-bond acceptors (Lipinski definition) is 3. The second-order valence-electron chi connectivity index (χ2n) is 9.57. The van der Waals surface area contributed by atoms with Crippen molar-refractivity contribution in [1.29, 1.82) is 0 Å². The van der Waals surface area contributed by atoms with Gasteiger partial charge in [0.25, 0.3) is 0 Å². The minimum atomic E-state index is -1.08. The smallest absolute Gasteiger partial charge is 0.239 e. The molecule has 1 fully saturated rings. The third-order valence-electron chi connectivity index (χ3n) is 7.14. The first-order valence-electron chi connectivity index (χ1n) is 12.2. The van der Waals surface area contributed by atoms with Crippen molar-refractivity contribution < 1.29 is 18.8 Å². The normalized spacial score (nSPS) is 21.9. The Kier molecular flexibility index (Phi) is 8.09. The summed E-state index contributed by atoms with van der Waals surface area (Å²) in [5, 5.41) is 6.51. The minimum absolute atomic E-state index is 0.142. The lowest BCUT2D eigenvalue weighted by atomic mass is 9.61. The van der Waals surface area contributed by atoms with Crippen molar-refractivity contribution in [3.63, 3.8) is 0 Å². The van der Waals surface area contributed by atoms with Crippen LogP contribution in [0.15, 0.2) is 66.7 Å². The summed E-state index contributed by atoms with van der Waals surface area (Å²) in [6.07, 6.45) is 0.142. The number of benzene rings is 3. The van der Waals surface area contributed by atoms with E-state index in [0.717, 1.165) is 11.1 Å². The van der Waals surface area contributed by atoms with Gasteiger partial charge in [-0.1, -0.05) is 66.0 Å². The van der Waals surface area contributed by atoms with Gasteiger partial charge in [-0.25, -0.2) is 4.39 Å². The summed E-state index contributed by atoms with van der Waals surface area (Å²) in [4.78, 5) is 40.4. The van der Waals surface area contributed by atoms with Crippen molar-refractivity contribution in [2.45, 2.75) is 31.7 Å². The number of hydrogen-bond donors (Lipinski definition) is 2. The molecule has 0 aromatic heterocycles. The lowest BCUT2D eigenvalue weighted by Gasteiger charge is -2.50. The largest absolute Gasteiger partial charge is 0.358 e. The molecule has 0 unspecified atom stereocenters. The average Bonchev–Trinajstić information content (AvgIpc) is 3.16. The van der Waals surface area contributed by atoms with Crippen molar-refractivity contribution in [2.75, 3.05) is 18.9 Å². The SMILES string of the molecule is CNC(=O)CN1C(=O)C[C@H](C)[C@@]2(C(=O)Nc3cc(Cl)ccc32)[C@@H]1c1cccc(Cl)c1.Cc1ccc(F)cc1. The summed E-state index contributed by atoms with van der Waals surface area (Å²) in [6.45, 7) is 3.67. The van der Waals surface area contributed by atoms with Crippen LogP contribution >= 0.6 is 23.2 Å². The summed E-state index contributed by atoms with van der Waals surface area (Å²) in [6, 6.07) is 18.1. The third kappa shape index (κ3) is 5.13. The maximum atomic E-state index is 13.6. The first-order valence-corrected chi connectivity index (χ1v) is 12.9. The lowest BCUT2D eigenvalue weighted by molar-refractivity contribution is -0.151. The second kappa shape index (κ2) is 11.1. The number of aryl methyl sites for hydroxylation is 1. The van der Waals surface area contributed by atoms with E-state index in [2.05, 4.69) is 10.6 Å². The fraction of sp³-hybridized carbons (Fsp3) is 0.276. The van der Waals surface area contributed by atoms with Crippen LogP contribution in [0, 0.1) is 18.7 Å². The molecule has 9 heteroatoms. The Labute approximate surface area is 231 Å². The molecular formula is C29H28Cl2FN3O3. The van der Waals surface area contributed by atoms with Gasteiger partial charge < -0.3 is 15.5 Å². The summed E-state index contributed by atoms with van der Waals surface area (Å²) < 4.78 is 12.1. The second-order valence-corrected chi connectivity index (χ2v) is 10.4. The molecule has 38 heavy (non-hydrogen) atoms. The van der Waals surface area contributed by atoms with E-state index in [-0.39, 0.29) is 42.4 Å². The highest BCUT2D eigenvalue weighted by molar-refractivity contribution is 6.31. The molecule has 2 aliphatic heterocycles. The standard InChI is InChI=1S/C22H21Cl2N3O3.C7H7F/c1-12-8-19(29)27(11-18(28)25-2)20(13-4-3-5-14(23)9-13)22(12)16-7-6-15(24)10-17(16)26-21(22)30;1-6-2-4-7(8)5-3-6/h3-7,9-10,12,20H,8,11H2,1-2H3,(H,25,28)(H,26,30);2-5H,1H3/t12-,20-,22-;/m0./s1. The Hall–Kier alpha value is -3.42. The molecule has 2 heterocycles. The van der Waals surface area contributed by atoms with Crippen molar-refractivity contribution in [1.82, 2.24) is 10.2 Å². The molecule has 3 aromatic rings. The van der Waals surface area contributed by atoms with E-state index in [0.29, 0.717) is 21.3 Å². The topological polar surface area (TPSA) is 78.5 Å². The van der Waals surface area contributed by atoms with Crippen molar-refractivity contribution in [3.05, 3.63) is 99.3 Å². The van der Waals surface area contributed by atoms with E-state index >= 15 is 0 Å². The Morgan fingerprint density at radius 1 is 1.08 bits per heavy atom. The molecule has 3 aromatic carbocycles.